The zero-order chi connectivity index (χ0) is 27.0. The number of hydrogen-bond acceptors (Lipinski definition) is 8. The van der Waals surface area contributed by atoms with Gasteiger partial charge in [0.25, 0.3) is 16.8 Å². The zero-order valence-corrected chi connectivity index (χ0v) is 22.1. The highest BCUT2D eigenvalue weighted by Gasteiger charge is 2.42. The van der Waals surface area contributed by atoms with Crippen molar-refractivity contribution in [3.8, 4) is 5.75 Å². The Morgan fingerprint density at radius 2 is 1.82 bits per heavy atom. The number of sulfonamides is 1. The highest BCUT2D eigenvalue weighted by molar-refractivity contribution is 7.89. The number of rotatable bonds is 8. The largest absolute Gasteiger partial charge is 0.494 e. The molecule has 2 atom stereocenters. The first-order valence-corrected chi connectivity index (χ1v) is 14.2. The van der Waals surface area contributed by atoms with Crippen LogP contribution in [0.4, 0.5) is 17.1 Å². The number of carbonyl (C=O) groups excluding carboxylic acids is 1. The molecule has 2 aliphatic heterocycles. The van der Waals surface area contributed by atoms with Gasteiger partial charge in [0.15, 0.2) is 5.75 Å². The van der Waals surface area contributed by atoms with Crippen molar-refractivity contribution in [2.24, 2.45) is 0 Å². The number of carbonyl (C=O) groups is 1. The molecule has 38 heavy (non-hydrogen) atoms. The molecule has 0 saturated carbocycles. The lowest BCUT2D eigenvalue weighted by Crippen LogP contribution is -2.53. The van der Waals surface area contributed by atoms with E-state index in [-0.39, 0.29) is 62.4 Å². The minimum Gasteiger partial charge on any atom is -0.494 e. The van der Waals surface area contributed by atoms with E-state index in [0.717, 1.165) is 5.56 Å². The molecule has 0 bridgehead atoms. The van der Waals surface area contributed by atoms with Gasteiger partial charge in [-0.3, -0.25) is 14.4 Å². The number of hydrogen-bond donors (Lipinski definition) is 2. The lowest BCUT2D eigenvalue weighted by molar-refractivity contribution is 0.0638. The number of fused-ring (bicyclic) bond motifs is 1. The van der Waals surface area contributed by atoms with E-state index in [9.17, 15) is 22.8 Å². The molecule has 0 aromatic heterocycles. The number of ether oxygens (including phenoxy) is 1. The zero-order valence-electron chi connectivity index (χ0n) is 21.3. The molecule has 1 unspecified atom stereocenters. The van der Waals surface area contributed by atoms with E-state index in [1.165, 1.54) is 11.4 Å². The first-order valence-electron chi connectivity index (χ1n) is 12.6. The van der Waals surface area contributed by atoms with Gasteiger partial charge in [0, 0.05) is 28.5 Å². The summed E-state index contributed by atoms with van der Waals surface area (Å²) in [4.78, 5) is 40.1. The number of piperazine rings is 1. The van der Waals surface area contributed by atoms with Gasteiger partial charge in [-0.2, -0.15) is 4.31 Å². The van der Waals surface area contributed by atoms with Crippen molar-refractivity contribution in [1.82, 2.24) is 9.21 Å². The summed E-state index contributed by atoms with van der Waals surface area (Å²) in [7, 11) is -1.81. The van der Waals surface area contributed by atoms with E-state index in [1.54, 1.807) is 23.1 Å². The predicted molar refractivity (Wildman–Crippen MR) is 150 cm³/mol. The summed E-state index contributed by atoms with van der Waals surface area (Å²) in [5, 5.41) is 6.22. The molecule has 1 amide bonds. The predicted octanol–water partition coefficient (Wildman–Crippen LogP) is 2.95. The van der Waals surface area contributed by atoms with Crippen molar-refractivity contribution in [3.05, 3.63) is 80.1 Å². The Morgan fingerprint density at radius 3 is 2.53 bits per heavy atom. The Kier molecular flexibility index (Phi) is 6.97. The second kappa shape index (κ2) is 10.2. The van der Waals surface area contributed by atoms with Crippen LogP contribution in [0.1, 0.15) is 44.6 Å². The van der Waals surface area contributed by atoms with Gasteiger partial charge >= 0.3 is 0 Å². The van der Waals surface area contributed by atoms with Crippen LogP contribution >= 0.6 is 0 Å². The first-order chi connectivity index (χ1) is 18.2. The second-order valence-corrected chi connectivity index (χ2v) is 11.6. The van der Waals surface area contributed by atoms with Crippen LogP contribution in [-0.2, 0) is 10.0 Å². The SMILES string of the molecule is CC[C@@H](Nc1c(Nc2cccc(C(=O)N3CCN4C(CCS4(=O)=O)C3)c2OC)c(=O)c1=O)c1ccccc1.[HH].[HH]. The lowest BCUT2D eigenvalue weighted by Gasteiger charge is -2.36. The van der Waals surface area contributed by atoms with Crippen molar-refractivity contribution in [1.29, 1.82) is 0 Å². The molecule has 0 aliphatic carbocycles. The van der Waals surface area contributed by atoms with Crippen LogP contribution in [0.25, 0.3) is 0 Å². The van der Waals surface area contributed by atoms with Crippen LogP contribution in [0.5, 0.6) is 5.75 Å². The van der Waals surface area contributed by atoms with Crippen molar-refractivity contribution in [2.75, 3.05) is 43.1 Å². The average molecular weight is 543 g/mol. The standard InChI is InChI=1S/C27H30N4O6S.2H2/c1-3-20(17-8-5-4-6-9-17)28-22-23(25(33)24(22)32)29-21-11-7-10-19(26(21)37-2)27(34)30-13-14-31-18(16-30)12-15-38(31,35)36;;/h4-11,18,20,28-29H,3,12-16H2,1-2H3;2*1H/t18?,20-;;/m1../s1. The van der Waals surface area contributed by atoms with Gasteiger partial charge in [0.05, 0.1) is 30.2 Å². The number of nitrogens with one attached hydrogen (secondary N) is 2. The Labute approximate surface area is 223 Å². The smallest absolute Gasteiger partial charge is 0.257 e. The van der Waals surface area contributed by atoms with Gasteiger partial charge in [-0.25, -0.2) is 8.42 Å². The number of anilines is 3. The van der Waals surface area contributed by atoms with E-state index in [1.807, 2.05) is 37.3 Å². The lowest BCUT2D eigenvalue weighted by atomic mass is 10.0. The van der Waals surface area contributed by atoms with Gasteiger partial charge in [-0.05, 0) is 30.5 Å². The molecule has 3 aromatic rings. The molecule has 2 fully saturated rings. The summed E-state index contributed by atoms with van der Waals surface area (Å²) >= 11 is 0. The first kappa shape index (κ1) is 25.9. The van der Waals surface area contributed by atoms with Crippen molar-refractivity contribution >= 4 is 33.0 Å². The monoisotopic (exact) mass is 542 g/mol. The fraction of sp³-hybridized carbons (Fsp3) is 0.370. The molecule has 2 N–H and O–H groups in total. The van der Waals surface area contributed by atoms with Crippen LogP contribution in [0, 0.1) is 0 Å². The molecule has 2 heterocycles. The summed E-state index contributed by atoms with van der Waals surface area (Å²) in [5.74, 6) is 0.0603. The van der Waals surface area contributed by atoms with Crippen molar-refractivity contribution < 1.29 is 20.8 Å². The van der Waals surface area contributed by atoms with Crippen LogP contribution in [0.3, 0.4) is 0 Å². The molecule has 2 aliphatic rings. The Balaban J connectivity index is 0.00000220. The molecule has 0 spiro atoms. The topological polar surface area (TPSA) is 125 Å². The molecule has 2 saturated heterocycles. The normalized spacial score (nSPS) is 19.6. The number of amides is 1. The van der Waals surface area contributed by atoms with E-state index in [0.29, 0.717) is 25.1 Å². The molecular weight excluding hydrogens is 508 g/mol. The number of benzene rings is 2. The van der Waals surface area contributed by atoms with Gasteiger partial charge in [0.1, 0.15) is 11.4 Å². The third-order valence-electron chi connectivity index (χ3n) is 7.33. The molecule has 5 rings (SSSR count). The third-order valence-corrected chi connectivity index (χ3v) is 9.28. The van der Waals surface area contributed by atoms with Gasteiger partial charge < -0.3 is 20.3 Å². The molecule has 0 radical (unpaired) electrons. The van der Waals surface area contributed by atoms with Crippen LogP contribution < -0.4 is 26.2 Å². The van der Waals surface area contributed by atoms with Crippen LogP contribution in [-0.4, -0.2) is 62.1 Å². The molecule has 3 aromatic carbocycles. The summed E-state index contributed by atoms with van der Waals surface area (Å²) < 4.78 is 31.5. The highest BCUT2D eigenvalue weighted by Crippen LogP contribution is 2.35. The fourth-order valence-corrected chi connectivity index (χ4v) is 7.08. The minimum absolute atomic E-state index is 0. The summed E-state index contributed by atoms with van der Waals surface area (Å²) in [6.07, 6.45) is 1.19. The van der Waals surface area contributed by atoms with Crippen LogP contribution in [0.2, 0.25) is 0 Å². The van der Waals surface area contributed by atoms with Crippen molar-refractivity contribution in [3.63, 3.8) is 0 Å². The molecule has 10 nitrogen and oxygen atoms in total. The summed E-state index contributed by atoms with van der Waals surface area (Å²) in [6.45, 7) is 2.84. The highest BCUT2D eigenvalue weighted by atomic mass is 32.2. The second-order valence-electron chi connectivity index (χ2n) is 9.56. The van der Waals surface area contributed by atoms with Crippen molar-refractivity contribution in [2.45, 2.75) is 31.8 Å². The van der Waals surface area contributed by atoms with E-state index >= 15 is 0 Å². The van der Waals surface area contributed by atoms with E-state index in [2.05, 4.69) is 10.6 Å². The Hall–Kier alpha value is -3.70. The molecule has 11 heteroatoms. The Morgan fingerprint density at radius 1 is 1.08 bits per heavy atom. The van der Waals surface area contributed by atoms with Crippen LogP contribution in [0.15, 0.2) is 58.1 Å². The molecule has 204 valence electrons. The van der Waals surface area contributed by atoms with E-state index in [4.69, 9.17) is 4.74 Å². The minimum atomic E-state index is -3.24. The fourth-order valence-electron chi connectivity index (χ4n) is 5.28. The van der Waals surface area contributed by atoms with Gasteiger partial charge in [-0.15, -0.1) is 0 Å². The maximum absolute atomic E-state index is 13.5. The summed E-state index contributed by atoms with van der Waals surface area (Å²) in [6, 6.07) is 14.3. The number of methoxy groups -OCH3 is 1. The summed E-state index contributed by atoms with van der Waals surface area (Å²) in [5.41, 5.74) is 0.735. The maximum atomic E-state index is 13.5. The Bertz CT molecular complexity index is 1540. The maximum Gasteiger partial charge on any atom is 0.257 e. The van der Waals surface area contributed by atoms with E-state index < -0.39 is 20.9 Å². The van der Waals surface area contributed by atoms with Gasteiger partial charge in [-0.1, -0.05) is 43.3 Å². The number of para-hydroxylation sites is 1. The molecular formula is C27H34N4O6S. The quantitative estimate of drug-likeness (QED) is 0.416. The average Bonchev–Trinajstić information content (AvgIpc) is 3.25. The van der Waals surface area contributed by atoms with Gasteiger partial charge in [0.2, 0.25) is 10.0 Å². The number of nitrogens with zero attached hydrogens (tertiary/aromatic N) is 2. The third kappa shape index (κ3) is 4.56.